The zero-order valence-corrected chi connectivity index (χ0v) is 13.5. The summed E-state index contributed by atoms with van der Waals surface area (Å²) < 4.78 is 10.1. The van der Waals surface area contributed by atoms with Crippen LogP contribution < -0.4 is 0 Å². The number of ether oxygens (including phenoxy) is 1. The minimum Gasteiger partial charge on any atom is -0.465 e. The van der Waals surface area contributed by atoms with Gasteiger partial charge in [-0.15, -0.1) is 0 Å². The maximum atomic E-state index is 11.9. The minimum absolute atomic E-state index is 0.324. The Morgan fingerprint density at radius 3 is 2.68 bits per heavy atom. The lowest BCUT2D eigenvalue weighted by molar-refractivity contribution is 0.0600. The van der Waals surface area contributed by atoms with Crippen LogP contribution in [0.25, 0.3) is 23.5 Å². The van der Waals surface area contributed by atoms with Crippen LogP contribution in [-0.2, 0) is 4.74 Å². The summed E-state index contributed by atoms with van der Waals surface area (Å²) in [5, 5.41) is 13.0. The molecule has 1 heterocycles. The van der Waals surface area contributed by atoms with E-state index in [1.165, 1.54) is 13.2 Å². The van der Waals surface area contributed by atoms with Gasteiger partial charge in [-0.3, -0.25) is 0 Å². The molecule has 0 aliphatic carbocycles. The molecule has 0 saturated heterocycles. The Hall–Kier alpha value is -3.65. The van der Waals surface area contributed by atoms with Gasteiger partial charge in [0.15, 0.2) is 5.76 Å². The molecule has 0 radical (unpaired) electrons. The summed E-state index contributed by atoms with van der Waals surface area (Å²) in [6.07, 6.45) is 3.48. The Bertz CT molecular complexity index is 966. The third kappa shape index (κ3) is 3.65. The summed E-state index contributed by atoms with van der Waals surface area (Å²) in [6.45, 7) is 0. The molecular formula is C20H14N2O3. The highest BCUT2D eigenvalue weighted by Crippen LogP contribution is 2.21. The molecular weight excluding hydrogens is 316 g/mol. The van der Waals surface area contributed by atoms with E-state index in [9.17, 15) is 4.79 Å². The summed E-state index contributed by atoms with van der Waals surface area (Å²) in [4.78, 5) is 11.9. The van der Waals surface area contributed by atoms with E-state index in [0.717, 1.165) is 5.56 Å². The maximum absolute atomic E-state index is 11.9. The number of nitrogens with zero attached hydrogens (tertiary/aromatic N) is 2. The van der Waals surface area contributed by atoms with Gasteiger partial charge in [0.2, 0.25) is 0 Å². The lowest BCUT2D eigenvalue weighted by Gasteiger charge is -2.04. The molecule has 0 unspecified atom stereocenters. The van der Waals surface area contributed by atoms with Gasteiger partial charge >= 0.3 is 5.97 Å². The van der Waals surface area contributed by atoms with Gasteiger partial charge in [0, 0.05) is 11.6 Å². The normalized spacial score (nSPS) is 10.6. The average molecular weight is 330 g/mol. The van der Waals surface area contributed by atoms with Crippen molar-refractivity contribution >= 4 is 18.1 Å². The molecule has 0 N–H and O–H groups in total. The number of nitriles is 1. The Balaban J connectivity index is 1.89. The second-order valence-electron chi connectivity index (χ2n) is 5.22. The number of esters is 1. The van der Waals surface area contributed by atoms with Crippen LogP contribution in [0.5, 0.6) is 0 Å². The topological polar surface area (TPSA) is 76.1 Å². The van der Waals surface area contributed by atoms with Crippen LogP contribution in [0.15, 0.2) is 59.1 Å². The lowest BCUT2D eigenvalue weighted by Crippen LogP contribution is -2.04. The van der Waals surface area contributed by atoms with Crippen LogP contribution in [0.4, 0.5) is 0 Å². The first-order valence-corrected chi connectivity index (χ1v) is 7.54. The molecule has 1 aromatic heterocycles. The van der Waals surface area contributed by atoms with Crippen molar-refractivity contribution in [3.8, 4) is 17.4 Å². The zero-order chi connectivity index (χ0) is 17.6. The highest BCUT2D eigenvalue weighted by Gasteiger charge is 2.11. The monoisotopic (exact) mass is 330 g/mol. The molecule has 2 aromatic carbocycles. The summed E-state index contributed by atoms with van der Waals surface area (Å²) in [5.74, 6) is 0.162. The molecule has 0 atom stereocenters. The van der Waals surface area contributed by atoms with Crippen LogP contribution in [0, 0.1) is 11.3 Å². The number of methoxy groups -OCH3 is 1. The number of carbonyl (C=O) groups excluding carboxylic acids is 1. The van der Waals surface area contributed by atoms with Gasteiger partial charge in [-0.25, -0.2) is 4.79 Å². The molecule has 0 aliphatic heterocycles. The minimum atomic E-state index is -0.498. The van der Waals surface area contributed by atoms with Crippen molar-refractivity contribution in [1.82, 2.24) is 5.16 Å². The molecule has 3 aromatic rings. The van der Waals surface area contributed by atoms with Crippen LogP contribution >= 0.6 is 0 Å². The fourth-order valence-corrected chi connectivity index (χ4v) is 2.34. The molecule has 0 amide bonds. The number of aromatic nitrogens is 1. The number of rotatable bonds is 4. The second kappa shape index (κ2) is 7.28. The summed E-state index contributed by atoms with van der Waals surface area (Å²) in [5.41, 5.74) is 2.91. The molecule has 0 saturated carbocycles. The molecule has 3 rings (SSSR count). The smallest absolute Gasteiger partial charge is 0.338 e. The lowest BCUT2D eigenvalue weighted by atomic mass is 10.0. The quantitative estimate of drug-likeness (QED) is 0.671. The molecule has 0 aliphatic rings. The van der Waals surface area contributed by atoms with Crippen molar-refractivity contribution in [2.24, 2.45) is 0 Å². The van der Waals surface area contributed by atoms with Crippen molar-refractivity contribution in [3.05, 3.63) is 77.0 Å². The molecule has 0 bridgehead atoms. The molecule has 5 nitrogen and oxygen atoms in total. The van der Waals surface area contributed by atoms with E-state index in [1.54, 1.807) is 24.3 Å². The van der Waals surface area contributed by atoms with Crippen molar-refractivity contribution in [1.29, 1.82) is 5.26 Å². The van der Waals surface area contributed by atoms with E-state index in [4.69, 9.17) is 14.5 Å². The summed E-state index contributed by atoms with van der Waals surface area (Å²) in [6, 6.07) is 18.3. The van der Waals surface area contributed by atoms with Crippen molar-refractivity contribution < 1.29 is 14.1 Å². The highest BCUT2D eigenvalue weighted by molar-refractivity contribution is 5.95. The average Bonchev–Trinajstić information content (AvgIpc) is 3.15. The van der Waals surface area contributed by atoms with E-state index in [1.807, 2.05) is 42.5 Å². The van der Waals surface area contributed by atoms with Gasteiger partial charge in [-0.1, -0.05) is 47.6 Å². The molecule has 0 spiro atoms. The number of carbonyl (C=O) groups is 1. The summed E-state index contributed by atoms with van der Waals surface area (Å²) >= 11 is 0. The first-order chi connectivity index (χ1) is 12.2. The van der Waals surface area contributed by atoms with Gasteiger partial charge in [0.1, 0.15) is 5.69 Å². The number of hydrogen-bond donors (Lipinski definition) is 0. The van der Waals surface area contributed by atoms with E-state index >= 15 is 0 Å². The third-order valence-electron chi connectivity index (χ3n) is 3.61. The number of hydrogen-bond acceptors (Lipinski definition) is 5. The third-order valence-corrected chi connectivity index (χ3v) is 3.61. The Morgan fingerprint density at radius 1 is 1.16 bits per heavy atom. The Kier molecular flexibility index (Phi) is 4.72. The molecule has 5 heteroatoms. The molecule has 0 fully saturated rings. The van der Waals surface area contributed by atoms with Gasteiger partial charge in [-0.2, -0.15) is 5.26 Å². The Morgan fingerprint density at radius 2 is 1.96 bits per heavy atom. The predicted octanol–water partition coefficient (Wildman–Crippen LogP) is 4.17. The predicted molar refractivity (Wildman–Crippen MR) is 93.4 cm³/mol. The molecule has 25 heavy (non-hydrogen) atoms. The van der Waals surface area contributed by atoms with E-state index in [2.05, 4.69) is 5.16 Å². The van der Waals surface area contributed by atoms with Crippen LogP contribution in [-0.4, -0.2) is 18.2 Å². The SMILES string of the molecule is COC(=O)c1cc(C#N)ccc1/C=C/c1cc(-c2ccccc2)on1. The van der Waals surface area contributed by atoms with Crippen LogP contribution in [0.2, 0.25) is 0 Å². The zero-order valence-electron chi connectivity index (χ0n) is 13.5. The van der Waals surface area contributed by atoms with Crippen LogP contribution in [0.1, 0.15) is 27.2 Å². The highest BCUT2D eigenvalue weighted by atomic mass is 16.5. The van der Waals surface area contributed by atoms with Gasteiger partial charge in [0.25, 0.3) is 0 Å². The van der Waals surface area contributed by atoms with Crippen molar-refractivity contribution in [3.63, 3.8) is 0 Å². The van der Waals surface area contributed by atoms with Crippen molar-refractivity contribution in [2.75, 3.05) is 7.11 Å². The van der Waals surface area contributed by atoms with Gasteiger partial charge in [0.05, 0.1) is 24.3 Å². The van der Waals surface area contributed by atoms with E-state index < -0.39 is 5.97 Å². The van der Waals surface area contributed by atoms with Crippen molar-refractivity contribution in [2.45, 2.75) is 0 Å². The van der Waals surface area contributed by atoms with Gasteiger partial charge < -0.3 is 9.26 Å². The van der Waals surface area contributed by atoms with Crippen LogP contribution in [0.3, 0.4) is 0 Å². The fourth-order valence-electron chi connectivity index (χ4n) is 2.34. The fraction of sp³-hybridized carbons (Fsp3) is 0.0500. The Labute approximate surface area is 144 Å². The first-order valence-electron chi connectivity index (χ1n) is 7.54. The molecule has 122 valence electrons. The summed E-state index contributed by atoms with van der Waals surface area (Å²) in [7, 11) is 1.30. The van der Waals surface area contributed by atoms with E-state index in [0.29, 0.717) is 28.1 Å². The van der Waals surface area contributed by atoms with E-state index in [-0.39, 0.29) is 0 Å². The van der Waals surface area contributed by atoms with Gasteiger partial charge in [-0.05, 0) is 23.8 Å². The standard InChI is InChI=1S/C20H14N2O3/c1-24-20(23)18-11-14(13-21)7-8-15(18)9-10-17-12-19(25-22-17)16-5-3-2-4-6-16/h2-12H,1H3/b10-9+. The first kappa shape index (κ1) is 16.2. The number of benzene rings is 2. The second-order valence-corrected chi connectivity index (χ2v) is 5.22. The maximum Gasteiger partial charge on any atom is 0.338 e. The largest absolute Gasteiger partial charge is 0.465 e.